The number of ketones is 1. The molecule has 1 aliphatic rings. The van der Waals surface area contributed by atoms with Crippen LogP contribution in [0.15, 0.2) is 48.5 Å². The molecule has 0 spiro atoms. The van der Waals surface area contributed by atoms with Crippen molar-refractivity contribution < 1.29 is 4.79 Å². The predicted molar refractivity (Wildman–Crippen MR) is 91.8 cm³/mol. The molecule has 0 aromatic heterocycles. The van der Waals surface area contributed by atoms with Crippen molar-refractivity contribution in [2.45, 2.75) is 25.7 Å². The molecule has 116 valence electrons. The van der Waals surface area contributed by atoms with E-state index in [1.165, 1.54) is 5.56 Å². The molecule has 1 aliphatic heterocycles. The largest absolute Gasteiger partial charge is 0.370 e. The van der Waals surface area contributed by atoms with E-state index in [4.69, 9.17) is 0 Å². The van der Waals surface area contributed by atoms with Crippen LogP contribution < -0.4 is 4.90 Å². The van der Waals surface area contributed by atoms with Gasteiger partial charge in [0.2, 0.25) is 0 Å². The Morgan fingerprint density at radius 2 is 1.83 bits per heavy atom. The number of anilines is 1. The van der Waals surface area contributed by atoms with Crippen LogP contribution in [0.25, 0.3) is 0 Å². The van der Waals surface area contributed by atoms with Gasteiger partial charge in [-0.1, -0.05) is 30.3 Å². The zero-order chi connectivity index (χ0) is 16.2. The number of benzene rings is 2. The molecular formula is C20H20N2O. The van der Waals surface area contributed by atoms with E-state index in [9.17, 15) is 10.1 Å². The second-order valence-corrected chi connectivity index (χ2v) is 6.07. The third-order valence-electron chi connectivity index (χ3n) is 4.63. The van der Waals surface area contributed by atoms with Gasteiger partial charge in [-0.2, -0.15) is 5.26 Å². The molecular weight excluding hydrogens is 284 g/mol. The summed E-state index contributed by atoms with van der Waals surface area (Å²) in [4.78, 5) is 13.9. The van der Waals surface area contributed by atoms with Crippen LogP contribution in [0, 0.1) is 11.3 Å². The van der Waals surface area contributed by atoms with Crippen LogP contribution in [0.5, 0.6) is 0 Å². The van der Waals surface area contributed by atoms with Crippen molar-refractivity contribution in [3.63, 3.8) is 0 Å². The van der Waals surface area contributed by atoms with Gasteiger partial charge in [-0.3, -0.25) is 4.79 Å². The highest BCUT2D eigenvalue weighted by molar-refractivity contribution is 5.95. The number of Topliss-reactive ketones (excluding diaryl/α,β-unsaturated/α-hetero) is 1. The van der Waals surface area contributed by atoms with E-state index in [0.29, 0.717) is 17.0 Å². The number of rotatable bonds is 3. The SMILES string of the molecule is CC(=O)c1ccc(C#N)c(N2CCC(c3ccccc3)CC2)c1. The second-order valence-electron chi connectivity index (χ2n) is 6.07. The standard InChI is InChI=1S/C20H20N2O/c1-15(23)18-7-8-19(14-21)20(13-18)22-11-9-17(10-12-22)16-5-3-2-4-6-16/h2-8,13,17H,9-12H2,1H3. The Morgan fingerprint density at radius 1 is 1.13 bits per heavy atom. The van der Waals surface area contributed by atoms with Crippen LogP contribution in [0.2, 0.25) is 0 Å². The van der Waals surface area contributed by atoms with Crippen LogP contribution in [-0.4, -0.2) is 18.9 Å². The fourth-order valence-electron chi connectivity index (χ4n) is 3.29. The molecule has 0 radical (unpaired) electrons. The lowest BCUT2D eigenvalue weighted by Gasteiger charge is -2.34. The predicted octanol–water partition coefficient (Wildman–Crippen LogP) is 4.14. The molecule has 0 saturated carbocycles. The lowest BCUT2D eigenvalue weighted by Crippen LogP contribution is -2.33. The summed E-state index contributed by atoms with van der Waals surface area (Å²) in [7, 11) is 0. The normalized spacial score (nSPS) is 15.2. The topological polar surface area (TPSA) is 44.1 Å². The van der Waals surface area contributed by atoms with Crippen molar-refractivity contribution in [1.82, 2.24) is 0 Å². The minimum absolute atomic E-state index is 0.0370. The Bertz CT molecular complexity index is 738. The Morgan fingerprint density at radius 3 is 2.43 bits per heavy atom. The van der Waals surface area contributed by atoms with Crippen molar-refractivity contribution in [2.75, 3.05) is 18.0 Å². The maximum atomic E-state index is 11.6. The molecule has 2 aromatic carbocycles. The number of hydrogen-bond donors (Lipinski definition) is 0. The van der Waals surface area contributed by atoms with E-state index in [-0.39, 0.29) is 5.78 Å². The van der Waals surface area contributed by atoms with Gasteiger partial charge in [0, 0.05) is 18.7 Å². The average Bonchev–Trinajstić information content (AvgIpc) is 2.62. The van der Waals surface area contributed by atoms with Gasteiger partial charge in [-0.05, 0) is 49.4 Å². The molecule has 23 heavy (non-hydrogen) atoms. The van der Waals surface area contributed by atoms with Gasteiger partial charge in [0.15, 0.2) is 5.78 Å². The third kappa shape index (κ3) is 3.27. The summed E-state index contributed by atoms with van der Waals surface area (Å²) in [6.45, 7) is 3.39. The smallest absolute Gasteiger partial charge is 0.159 e. The van der Waals surface area contributed by atoms with E-state index in [1.807, 2.05) is 12.1 Å². The number of piperidine rings is 1. The van der Waals surface area contributed by atoms with Gasteiger partial charge in [-0.25, -0.2) is 0 Å². The molecule has 0 N–H and O–H groups in total. The van der Waals surface area contributed by atoms with E-state index in [1.54, 1.807) is 19.1 Å². The zero-order valence-corrected chi connectivity index (χ0v) is 13.3. The number of carbonyl (C=O) groups excluding carboxylic acids is 1. The second kappa shape index (κ2) is 6.66. The Kier molecular flexibility index (Phi) is 4.43. The van der Waals surface area contributed by atoms with Crippen molar-refractivity contribution in [3.8, 4) is 6.07 Å². The molecule has 0 bridgehead atoms. The zero-order valence-electron chi connectivity index (χ0n) is 13.3. The highest BCUT2D eigenvalue weighted by Crippen LogP contribution is 2.32. The van der Waals surface area contributed by atoms with Gasteiger partial charge in [0.1, 0.15) is 6.07 Å². The quantitative estimate of drug-likeness (QED) is 0.800. The van der Waals surface area contributed by atoms with Crippen molar-refractivity contribution in [1.29, 1.82) is 5.26 Å². The van der Waals surface area contributed by atoms with Gasteiger partial charge in [0.05, 0.1) is 11.3 Å². The van der Waals surface area contributed by atoms with Gasteiger partial charge < -0.3 is 4.90 Å². The van der Waals surface area contributed by atoms with E-state index < -0.39 is 0 Å². The Labute approximate surface area is 137 Å². The maximum absolute atomic E-state index is 11.6. The molecule has 0 unspecified atom stereocenters. The summed E-state index contributed by atoms with van der Waals surface area (Å²) in [5, 5.41) is 9.35. The van der Waals surface area contributed by atoms with Gasteiger partial charge >= 0.3 is 0 Å². The Balaban J connectivity index is 1.78. The monoisotopic (exact) mass is 304 g/mol. The van der Waals surface area contributed by atoms with Crippen molar-refractivity contribution in [3.05, 3.63) is 65.2 Å². The summed E-state index contributed by atoms with van der Waals surface area (Å²) in [6, 6.07) is 18.2. The molecule has 0 atom stereocenters. The fraction of sp³-hybridized carbons (Fsp3) is 0.300. The van der Waals surface area contributed by atoms with E-state index in [2.05, 4.69) is 35.2 Å². The maximum Gasteiger partial charge on any atom is 0.159 e. The lowest BCUT2D eigenvalue weighted by atomic mass is 9.89. The summed E-state index contributed by atoms with van der Waals surface area (Å²) < 4.78 is 0. The van der Waals surface area contributed by atoms with E-state index >= 15 is 0 Å². The van der Waals surface area contributed by atoms with Gasteiger partial charge in [-0.15, -0.1) is 0 Å². The highest BCUT2D eigenvalue weighted by atomic mass is 16.1. The first-order valence-corrected chi connectivity index (χ1v) is 8.04. The minimum Gasteiger partial charge on any atom is -0.370 e. The first kappa shape index (κ1) is 15.3. The van der Waals surface area contributed by atoms with Crippen LogP contribution >= 0.6 is 0 Å². The average molecular weight is 304 g/mol. The molecule has 2 aromatic rings. The van der Waals surface area contributed by atoms with E-state index in [0.717, 1.165) is 31.6 Å². The molecule has 1 fully saturated rings. The molecule has 3 rings (SSSR count). The first-order valence-electron chi connectivity index (χ1n) is 8.04. The number of nitriles is 1. The van der Waals surface area contributed by atoms with Crippen molar-refractivity contribution in [2.24, 2.45) is 0 Å². The molecule has 1 heterocycles. The molecule has 0 amide bonds. The highest BCUT2D eigenvalue weighted by Gasteiger charge is 2.22. The summed E-state index contributed by atoms with van der Waals surface area (Å²) >= 11 is 0. The molecule has 1 saturated heterocycles. The molecule has 0 aliphatic carbocycles. The first-order chi connectivity index (χ1) is 11.2. The summed E-state index contributed by atoms with van der Waals surface area (Å²) in [6.07, 6.45) is 2.14. The number of nitrogens with zero attached hydrogens (tertiary/aromatic N) is 2. The van der Waals surface area contributed by atoms with Gasteiger partial charge in [0.25, 0.3) is 0 Å². The Hall–Kier alpha value is -2.60. The van der Waals surface area contributed by atoms with Crippen molar-refractivity contribution >= 4 is 11.5 Å². The molecule has 3 heteroatoms. The third-order valence-corrected chi connectivity index (χ3v) is 4.63. The van der Waals surface area contributed by atoms with Crippen LogP contribution in [0.1, 0.15) is 47.2 Å². The number of carbonyl (C=O) groups is 1. The summed E-state index contributed by atoms with van der Waals surface area (Å²) in [5.74, 6) is 0.615. The van der Waals surface area contributed by atoms with Crippen LogP contribution in [0.4, 0.5) is 5.69 Å². The summed E-state index contributed by atoms with van der Waals surface area (Å²) in [5.41, 5.74) is 3.61. The number of hydrogen-bond acceptors (Lipinski definition) is 3. The molecule has 3 nitrogen and oxygen atoms in total. The minimum atomic E-state index is 0.0370. The fourth-order valence-corrected chi connectivity index (χ4v) is 3.29. The van der Waals surface area contributed by atoms with Crippen LogP contribution in [0.3, 0.4) is 0 Å². The van der Waals surface area contributed by atoms with Crippen LogP contribution in [-0.2, 0) is 0 Å². The lowest BCUT2D eigenvalue weighted by molar-refractivity contribution is 0.101.